The third kappa shape index (κ3) is 8.30. The number of nitrogens with zero attached hydrogens (tertiary/aromatic N) is 3. The van der Waals surface area contributed by atoms with Gasteiger partial charge in [-0.1, -0.05) is 24.3 Å². The number of nitrogens with one attached hydrogen (secondary N) is 1. The Morgan fingerprint density at radius 3 is 2.12 bits per heavy atom. The van der Waals surface area contributed by atoms with Crippen LogP contribution in [0, 0.1) is 17.1 Å². The first-order chi connectivity index (χ1) is 24.4. The summed E-state index contributed by atoms with van der Waals surface area (Å²) in [4.78, 5) is 17.5. The van der Waals surface area contributed by atoms with E-state index in [-0.39, 0.29) is 30.1 Å². The van der Waals surface area contributed by atoms with Crippen molar-refractivity contribution in [1.82, 2.24) is 15.1 Å². The highest BCUT2D eigenvalue weighted by atomic mass is 19.1. The maximum Gasteiger partial charge on any atom is 0.287 e. The minimum Gasteiger partial charge on any atom is -0.487 e. The molecule has 0 aliphatic carbocycles. The van der Waals surface area contributed by atoms with Gasteiger partial charge < -0.3 is 19.2 Å². The number of likely N-dealkylation sites (tertiary alicyclic amines) is 2. The summed E-state index contributed by atoms with van der Waals surface area (Å²) in [7, 11) is 0. The number of piperidine rings is 2. The van der Waals surface area contributed by atoms with Gasteiger partial charge in [0.15, 0.2) is 5.76 Å². The van der Waals surface area contributed by atoms with Gasteiger partial charge in [-0.05, 0) is 103 Å². The Hall–Kier alpha value is -5.24. The lowest BCUT2D eigenvalue weighted by Gasteiger charge is -2.34. The monoisotopic (exact) mass is 676 g/mol. The molecule has 2 aliphatic heterocycles. The second-order valence-corrected chi connectivity index (χ2v) is 13.0. The van der Waals surface area contributed by atoms with Crippen molar-refractivity contribution >= 4 is 16.9 Å². The zero-order valence-electron chi connectivity index (χ0n) is 27.6. The van der Waals surface area contributed by atoms with Crippen LogP contribution in [0.15, 0.2) is 101 Å². The lowest BCUT2D eigenvalue weighted by atomic mass is 10.0. The molecule has 0 radical (unpaired) electrons. The van der Waals surface area contributed by atoms with Gasteiger partial charge in [-0.2, -0.15) is 5.26 Å². The van der Waals surface area contributed by atoms with E-state index in [9.17, 15) is 9.18 Å². The van der Waals surface area contributed by atoms with Crippen LogP contribution in [-0.2, 0) is 13.1 Å². The fourth-order valence-corrected chi connectivity index (χ4v) is 6.60. The fourth-order valence-electron chi connectivity index (χ4n) is 6.60. The number of carbonyl (C=O) groups excluding carboxylic acids is 1. The molecule has 0 saturated carbocycles. The number of carbonyl (C=O) groups is 1. The molecule has 3 heterocycles. The Morgan fingerprint density at radius 2 is 1.44 bits per heavy atom. The van der Waals surface area contributed by atoms with Gasteiger partial charge in [-0.15, -0.1) is 0 Å². The van der Waals surface area contributed by atoms with Crippen molar-refractivity contribution < 1.29 is 27.5 Å². The number of hydrogen-bond donors (Lipinski definition) is 1. The zero-order chi connectivity index (χ0) is 34.5. The van der Waals surface area contributed by atoms with E-state index < -0.39 is 12.3 Å². The van der Waals surface area contributed by atoms with Crippen LogP contribution < -0.4 is 14.8 Å². The van der Waals surface area contributed by atoms with Gasteiger partial charge >= 0.3 is 0 Å². The maximum atomic E-state index is 15.3. The van der Waals surface area contributed by atoms with E-state index in [1.165, 1.54) is 17.7 Å². The Kier molecular flexibility index (Phi) is 10.1. The standard InChI is InChI=1S/C40H38F2N4O4/c41-31-7-11-34(12-8-31)48-33-9-5-29(6-10-33)25-46-20-17-38(36(42)26-46)49-35-13-14-37-30(21-35)22-39(50-37)40(47)44-32-15-18-45(19-16-32)24-28-3-1-27(23-43)2-4-28/h1-14,21-22,32,36,38H,15-20,24-26H2,(H,44,47)/t36-,38-/m1/s1. The third-order valence-electron chi connectivity index (χ3n) is 9.36. The summed E-state index contributed by atoms with van der Waals surface area (Å²) < 4.78 is 46.2. The number of alkyl halides is 1. The van der Waals surface area contributed by atoms with Crippen LogP contribution in [0.3, 0.4) is 0 Å². The van der Waals surface area contributed by atoms with E-state index in [1.807, 2.05) is 48.5 Å². The number of halogens is 2. The van der Waals surface area contributed by atoms with Crippen LogP contribution in [0.25, 0.3) is 11.0 Å². The molecule has 256 valence electrons. The van der Waals surface area contributed by atoms with Crippen molar-refractivity contribution in [2.45, 2.75) is 50.7 Å². The SMILES string of the molecule is N#Cc1ccc(CN2CCC(NC(=O)c3cc4cc(O[C@@H]5CCN(Cc6ccc(Oc7ccc(F)cc7)cc6)C[C@H]5F)ccc4o3)CC2)cc1. The Balaban J connectivity index is 0.868. The van der Waals surface area contributed by atoms with Crippen LogP contribution in [0.2, 0.25) is 0 Å². The van der Waals surface area contributed by atoms with Gasteiger partial charge in [0.1, 0.15) is 40.9 Å². The molecule has 1 amide bonds. The van der Waals surface area contributed by atoms with E-state index in [1.54, 1.807) is 36.4 Å². The van der Waals surface area contributed by atoms with E-state index in [4.69, 9.17) is 19.2 Å². The van der Waals surface area contributed by atoms with Gasteiger partial charge in [0, 0.05) is 50.7 Å². The van der Waals surface area contributed by atoms with Crippen LogP contribution in [0.4, 0.5) is 8.78 Å². The molecule has 2 aliphatic rings. The van der Waals surface area contributed by atoms with Crippen molar-refractivity contribution in [2.24, 2.45) is 0 Å². The fraction of sp³-hybridized carbons (Fsp3) is 0.300. The number of hydrogen-bond acceptors (Lipinski definition) is 7. The summed E-state index contributed by atoms with van der Waals surface area (Å²) >= 11 is 0. The zero-order valence-corrected chi connectivity index (χ0v) is 27.6. The first-order valence-corrected chi connectivity index (χ1v) is 17.0. The molecule has 0 spiro atoms. The number of fused-ring (bicyclic) bond motifs is 1. The molecule has 7 rings (SSSR count). The molecule has 2 fully saturated rings. The minimum atomic E-state index is -1.17. The van der Waals surface area contributed by atoms with Crippen molar-refractivity contribution in [1.29, 1.82) is 5.26 Å². The average Bonchev–Trinajstić information content (AvgIpc) is 3.56. The topological polar surface area (TPSA) is 91.0 Å². The van der Waals surface area contributed by atoms with E-state index >= 15 is 4.39 Å². The number of furan rings is 1. The van der Waals surface area contributed by atoms with Crippen molar-refractivity contribution in [3.63, 3.8) is 0 Å². The first-order valence-electron chi connectivity index (χ1n) is 17.0. The number of benzene rings is 4. The largest absolute Gasteiger partial charge is 0.487 e. The number of rotatable bonds is 10. The highest BCUT2D eigenvalue weighted by Gasteiger charge is 2.31. The Morgan fingerprint density at radius 1 is 0.820 bits per heavy atom. The highest BCUT2D eigenvalue weighted by Crippen LogP contribution is 2.29. The van der Waals surface area contributed by atoms with Crippen LogP contribution >= 0.6 is 0 Å². The quantitative estimate of drug-likeness (QED) is 0.163. The predicted octanol–water partition coefficient (Wildman–Crippen LogP) is 7.62. The summed E-state index contributed by atoms with van der Waals surface area (Å²) in [5.74, 6) is 1.41. The molecule has 2 atom stereocenters. The van der Waals surface area contributed by atoms with Gasteiger partial charge in [0.2, 0.25) is 0 Å². The lowest BCUT2D eigenvalue weighted by molar-refractivity contribution is 0.0191. The van der Waals surface area contributed by atoms with Crippen LogP contribution in [0.1, 0.15) is 46.5 Å². The van der Waals surface area contributed by atoms with E-state index in [0.717, 1.165) is 43.4 Å². The third-order valence-corrected chi connectivity index (χ3v) is 9.36. The lowest BCUT2D eigenvalue weighted by Crippen LogP contribution is -2.46. The van der Waals surface area contributed by atoms with Crippen molar-refractivity contribution in [3.05, 3.63) is 125 Å². The molecule has 8 nitrogen and oxygen atoms in total. The summed E-state index contributed by atoms with van der Waals surface area (Å²) in [5, 5.41) is 12.8. The van der Waals surface area contributed by atoms with Gasteiger partial charge in [-0.3, -0.25) is 14.6 Å². The molecule has 4 aromatic carbocycles. The van der Waals surface area contributed by atoms with Crippen LogP contribution in [0.5, 0.6) is 17.2 Å². The highest BCUT2D eigenvalue weighted by molar-refractivity contribution is 5.96. The number of ether oxygens (including phenoxy) is 2. The molecule has 50 heavy (non-hydrogen) atoms. The van der Waals surface area contributed by atoms with Crippen LogP contribution in [-0.4, -0.2) is 60.2 Å². The second-order valence-electron chi connectivity index (χ2n) is 13.0. The number of nitriles is 1. The maximum absolute atomic E-state index is 15.3. The molecular weight excluding hydrogens is 638 g/mol. The first kappa shape index (κ1) is 33.3. The normalized spacial score (nSPS) is 18.8. The molecule has 1 aromatic heterocycles. The van der Waals surface area contributed by atoms with Gasteiger partial charge in [0.05, 0.1) is 11.6 Å². The van der Waals surface area contributed by atoms with Gasteiger partial charge in [0.25, 0.3) is 5.91 Å². The minimum absolute atomic E-state index is 0.0559. The Labute approximate surface area is 289 Å². The smallest absolute Gasteiger partial charge is 0.287 e. The Bertz CT molecular complexity index is 1950. The molecule has 2 saturated heterocycles. The second kappa shape index (κ2) is 15.1. The summed E-state index contributed by atoms with van der Waals surface area (Å²) in [6.45, 7) is 4.09. The van der Waals surface area contributed by atoms with E-state index in [0.29, 0.717) is 47.9 Å². The van der Waals surface area contributed by atoms with Crippen molar-refractivity contribution in [3.8, 4) is 23.3 Å². The summed E-state index contributed by atoms with van der Waals surface area (Å²) in [5.41, 5.74) is 3.43. The molecular formula is C40H38F2N4O4. The molecule has 5 aromatic rings. The van der Waals surface area contributed by atoms with E-state index in [2.05, 4.69) is 21.2 Å². The molecule has 10 heteroatoms. The molecule has 0 unspecified atom stereocenters. The average molecular weight is 677 g/mol. The number of amides is 1. The summed E-state index contributed by atoms with van der Waals surface area (Å²) in [6, 6.07) is 30.4. The summed E-state index contributed by atoms with van der Waals surface area (Å²) in [6.07, 6.45) is 0.470. The predicted molar refractivity (Wildman–Crippen MR) is 185 cm³/mol. The molecule has 1 N–H and O–H groups in total. The van der Waals surface area contributed by atoms with Gasteiger partial charge in [-0.25, -0.2) is 8.78 Å². The molecule has 0 bridgehead atoms. The van der Waals surface area contributed by atoms with Crippen molar-refractivity contribution in [2.75, 3.05) is 26.2 Å².